The predicted molar refractivity (Wildman–Crippen MR) is 89.6 cm³/mol. The fraction of sp³-hybridized carbons (Fsp3) is 0.438. The Kier molecular flexibility index (Phi) is 4.85. The number of carbonyl (C=O) groups is 3. The summed E-state index contributed by atoms with van der Waals surface area (Å²) < 4.78 is 5.67. The van der Waals surface area contributed by atoms with Crippen molar-refractivity contribution in [2.45, 2.75) is 25.5 Å². The number of ether oxygens (including phenoxy) is 1. The number of morpholine rings is 1. The SMILES string of the molecule is CC1CN2c3ccc([N+](=O)[O-])cc3CC(C(=O)NC(=O)NC=O)[C@@H]2CO1. The lowest BCUT2D eigenvalue weighted by Gasteiger charge is -2.47. The summed E-state index contributed by atoms with van der Waals surface area (Å²) in [6, 6.07) is 3.37. The minimum atomic E-state index is -0.911. The van der Waals surface area contributed by atoms with Crippen LogP contribution in [0, 0.1) is 16.0 Å². The minimum Gasteiger partial charge on any atom is -0.375 e. The Morgan fingerprint density at radius 3 is 2.88 bits per heavy atom. The van der Waals surface area contributed by atoms with Gasteiger partial charge in [-0.25, -0.2) is 4.79 Å². The first-order valence-electron chi connectivity index (χ1n) is 8.11. The number of non-ortho nitro benzene ring substituents is 1. The average Bonchev–Trinajstić information content (AvgIpc) is 2.60. The molecule has 0 spiro atoms. The summed E-state index contributed by atoms with van der Waals surface area (Å²) in [4.78, 5) is 46.9. The molecule has 0 bridgehead atoms. The van der Waals surface area contributed by atoms with Gasteiger partial charge in [0.1, 0.15) is 0 Å². The molecule has 26 heavy (non-hydrogen) atoms. The van der Waals surface area contributed by atoms with Crippen molar-refractivity contribution < 1.29 is 24.0 Å². The summed E-state index contributed by atoms with van der Waals surface area (Å²) in [7, 11) is 0. The summed E-state index contributed by atoms with van der Waals surface area (Å²) in [6.07, 6.45) is 0.352. The second-order valence-electron chi connectivity index (χ2n) is 6.32. The van der Waals surface area contributed by atoms with Gasteiger partial charge in [-0.3, -0.25) is 30.3 Å². The summed E-state index contributed by atoms with van der Waals surface area (Å²) in [5, 5.41) is 15.0. The maximum absolute atomic E-state index is 12.5. The first-order chi connectivity index (χ1) is 12.4. The Morgan fingerprint density at radius 1 is 1.42 bits per heavy atom. The van der Waals surface area contributed by atoms with E-state index in [0.717, 1.165) is 5.69 Å². The second-order valence-corrected chi connectivity index (χ2v) is 6.32. The number of urea groups is 1. The molecule has 1 saturated heterocycles. The lowest BCUT2D eigenvalue weighted by Crippen LogP contribution is -2.59. The molecule has 2 aliphatic heterocycles. The Hall–Kier alpha value is -3.01. The van der Waals surface area contributed by atoms with Crippen LogP contribution in [0.5, 0.6) is 0 Å². The number of amides is 4. The van der Waals surface area contributed by atoms with Crippen molar-refractivity contribution in [1.82, 2.24) is 10.6 Å². The number of nitrogens with one attached hydrogen (secondary N) is 2. The molecule has 2 heterocycles. The van der Waals surface area contributed by atoms with Crippen molar-refractivity contribution in [1.29, 1.82) is 0 Å². The zero-order valence-corrected chi connectivity index (χ0v) is 14.0. The first-order valence-corrected chi connectivity index (χ1v) is 8.11. The number of nitro benzene ring substituents is 1. The number of rotatable bonds is 3. The highest BCUT2D eigenvalue weighted by Crippen LogP contribution is 2.38. The van der Waals surface area contributed by atoms with Crippen LogP contribution < -0.4 is 15.5 Å². The van der Waals surface area contributed by atoms with Gasteiger partial charge in [0.25, 0.3) is 5.69 Å². The number of hydrogen-bond donors (Lipinski definition) is 2. The van der Waals surface area contributed by atoms with Gasteiger partial charge in [0, 0.05) is 24.4 Å². The quantitative estimate of drug-likeness (QED) is 0.450. The Bertz CT molecular complexity index is 767. The van der Waals surface area contributed by atoms with Crippen molar-refractivity contribution in [3.63, 3.8) is 0 Å². The van der Waals surface area contributed by atoms with E-state index in [1.165, 1.54) is 12.1 Å². The van der Waals surface area contributed by atoms with Crippen LogP contribution in [0.1, 0.15) is 12.5 Å². The molecule has 3 rings (SSSR count). The summed E-state index contributed by atoms with van der Waals surface area (Å²) in [5.41, 5.74) is 1.44. The van der Waals surface area contributed by atoms with Gasteiger partial charge in [0.15, 0.2) is 0 Å². The molecule has 2 N–H and O–H groups in total. The van der Waals surface area contributed by atoms with Gasteiger partial charge in [-0.15, -0.1) is 0 Å². The lowest BCUT2D eigenvalue weighted by atomic mass is 9.84. The van der Waals surface area contributed by atoms with Crippen molar-refractivity contribution >= 4 is 29.7 Å². The first kappa shape index (κ1) is 17.8. The molecule has 1 aromatic rings. The molecule has 0 saturated carbocycles. The van der Waals surface area contributed by atoms with E-state index in [1.54, 1.807) is 6.07 Å². The molecular formula is C16H18N4O6. The molecule has 0 aliphatic carbocycles. The number of nitro groups is 1. The summed E-state index contributed by atoms with van der Waals surface area (Å²) >= 11 is 0. The largest absolute Gasteiger partial charge is 0.375 e. The van der Waals surface area contributed by atoms with Crippen LogP contribution >= 0.6 is 0 Å². The molecule has 3 atom stereocenters. The number of carbonyl (C=O) groups excluding carboxylic acids is 3. The van der Waals surface area contributed by atoms with Crippen LogP contribution in [0.25, 0.3) is 0 Å². The number of hydrogen-bond acceptors (Lipinski definition) is 7. The lowest BCUT2D eigenvalue weighted by molar-refractivity contribution is -0.384. The number of benzene rings is 1. The van der Waals surface area contributed by atoms with Crippen LogP contribution in [0.4, 0.5) is 16.2 Å². The average molecular weight is 362 g/mol. The van der Waals surface area contributed by atoms with Gasteiger partial charge < -0.3 is 9.64 Å². The topological polar surface area (TPSA) is 131 Å². The number of fused-ring (bicyclic) bond motifs is 3. The Balaban J connectivity index is 1.93. The van der Waals surface area contributed by atoms with Gasteiger partial charge in [0.05, 0.1) is 29.6 Å². The van der Waals surface area contributed by atoms with E-state index in [0.29, 0.717) is 18.7 Å². The van der Waals surface area contributed by atoms with Crippen molar-refractivity contribution in [2.75, 3.05) is 18.1 Å². The Morgan fingerprint density at radius 2 is 2.19 bits per heavy atom. The van der Waals surface area contributed by atoms with Crippen LogP contribution in [0.15, 0.2) is 18.2 Å². The van der Waals surface area contributed by atoms with Crippen LogP contribution in [0.2, 0.25) is 0 Å². The molecule has 10 heteroatoms. The molecule has 1 fully saturated rings. The van der Waals surface area contributed by atoms with Gasteiger partial charge in [-0.2, -0.15) is 0 Å². The van der Waals surface area contributed by atoms with Crippen LogP contribution in [-0.2, 0) is 20.7 Å². The molecule has 0 aromatic heterocycles. The number of imide groups is 2. The monoisotopic (exact) mass is 362 g/mol. The predicted octanol–water partition coefficient (Wildman–Crippen LogP) is 0.343. The van der Waals surface area contributed by atoms with Crippen LogP contribution in [0.3, 0.4) is 0 Å². The zero-order valence-electron chi connectivity index (χ0n) is 14.0. The molecule has 1 aromatic carbocycles. The van der Waals surface area contributed by atoms with E-state index in [9.17, 15) is 24.5 Å². The summed E-state index contributed by atoms with van der Waals surface area (Å²) in [5.74, 6) is -1.20. The highest BCUT2D eigenvalue weighted by atomic mass is 16.6. The number of nitrogens with zero attached hydrogens (tertiary/aromatic N) is 2. The fourth-order valence-corrected chi connectivity index (χ4v) is 3.49. The third-order valence-electron chi connectivity index (χ3n) is 4.66. The van der Waals surface area contributed by atoms with Gasteiger partial charge in [0.2, 0.25) is 12.3 Å². The van der Waals surface area contributed by atoms with E-state index >= 15 is 0 Å². The highest BCUT2D eigenvalue weighted by molar-refractivity contribution is 5.99. The van der Waals surface area contributed by atoms with Crippen molar-refractivity contribution in [3.05, 3.63) is 33.9 Å². The zero-order chi connectivity index (χ0) is 18.8. The number of anilines is 1. The third-order valence-corrected chi connectivity index (χ3v) is 4.66. The Labute approximate surface area is 148 Å². The molecule has 0 radical (unpaired) electrons. The highest BCUT2D eigenvalue weighted by Gasteiger charge is 2.42. The maximum Gasteiger partial charge on any atom is 0.327 e. The van der Waals surface area contributed by atoms with E-state index in [-0.39, 0.29) is 30.7 Å². The van der Waals surface area contributed by atoms with Gasteiger partial charge >= 0.3 is 6.03 Å². The van der Waals surface area contributed by atoms with E-state index in [2.05, 4.69) is 5.32 Å². The normalized spacial score (nSPS) is 24.0. The van der Waals surface area contributed by atoms with Gasteiger partial charge in [-0.1, -0.05) is 0 Å². The van der Waals surface area contributed by atoms with E-state index in [4.69, 9.17) is 4.74 Å². The van der Waals surface area contributed by atoms with E-state index in [1.807, 2.05) is 17.1 Å². The molecule has 4 amide bonds. The van der Waals surface area contributed by atoms with Crippen LogP contribution in [-0.4, -0.2) is 48.6 Å². The minimum absolute atomic E-state index is 0.0543. The van der Waals surface area contributed by atoms with Crippen molar-refractivity contribution in [2.24, 2.45) is 5.92 Å². The van der Waals surface area contributed by atoms with Gasteiger partial charge in [-0.05, 0) is 25.0 Å². The van der Waals surface area contributed by atoms with Crippen molar-refractivity contribution in [3.8, 4) is 0 Å². The molecular weight excluding hydrogens is 344 g/mol. The standard InChI is InChI=1S/C16H18N4O6/c1-9-6-19-13-3-2-11(20(24)25)4-10(13)5-12(14(19)7-26-9)15(22)18-16(23)17-8-21/h2-4,8-9,12,14H,5-7H2,1H3,(H2,17,18,21,22,23)/t9?,12?,14-/m0/s1. The third kappa shape index (κ3) is 3.36. The molecule has 2 unspecified atom stereocenters. The van der Waals surface area contributed by atoms with E-state index < -0.39 is 22.8 Å². The molecule has 138 valence electrons. The smallest absolute Gasteiger partial charge is 0.327 e. The molecule has 10 nitrogen and oxygen atoms in total. The maximum atomic E-state index is 12.5. The molecule has 2 aliphatic rings. The second kappa shape index (κ2) is 7.08. The summed E-state index contributed by atoms with van der Waals surface area (Å²) in [6.45, 7) is 2.73. The fourth-order valence-electron chi connectivity index (χ4n) is 3.49.